The van der Waals surface area contributed by atoms with Crippen molar-refractivity contribution in [2.24, 2.45) is 0 Å². The van der Waals surface area contributed by atoms with Crippen LogP contribution < -0.4 is 0 Å². The summed E-state index contributed by atoms with van der Waals surface area (Å²) in [5.41, 5.74) is -6.89. The van der Waals surface area contributed by atoms with Crippen LogP contribution in [0, 0.1) is 0 Å². The highest BCUT2D eigenvalue weighted by Gasteiger charge is 2.81. The number of hydrogen-bond acceptors (Lipinski definition) is 0. The van der Waals surface area contributed by atoms with Gasteiger partial charge in [-0.05, 0) is 76.8 Å². The third-order valence-electron chi connectivity index (χ3n) is 9.97. The largest absolute Gasteiger partial charge is 0.380 e. The van der Waals surface area contributed by atoms with Crippen LogP contribution in [0.2, 0.25) is 0 Å². The topological polar surface area (TPSA) is 0 Å². The molecule has 242 valence electrons. The van der Waals surface area contributed by atoms with Crippen LogP contribution in [0.1, 0.15) is 22.3 Å². The second-order valence-corrected chi connectivity index (χ2v) is 12.3. The van der Waals surface area contributed by atoms with Gasteiger partial charge in [0.2, 0.25) is 0 Å². The van der Waals surface area contributed by atoms with E-state index >= 15 is 52.7 Å². The molecular formula is C36H14F12. The average Bonchev–Trinajstić information content (AvgIpc) is 3.23. The SMILES string of the molecule is FC1(F)c2c(c3ccc4ccccc4c3c3cc4c5c(c6ccc7ccccc7c6c4cc23)C(F)(F)C(F)(F)C5(F)F)C(F)(F)C1(F)F. The molecule has 0 fully saturated rings. The van der Waals surface area contributed by atoms with Gasteiger partial charge < -0.3 is 0 Å². The van der Waals surface area contributed by atoms with E-state index in [0.717, 1.165) is 12.1 Å². The molecule has 48 heavy (non-hydrogen) atoms. The number of alkyl halides is 12. The lowest BCUT2D eigenvalue weighted by Crippen LogP contribution is -2.43. The summed E-state index contributed by atoms with van der Waals surface area (Å²) < 4.78 is 186. The van der Waals surface area contributed by atoms with Crippen molar-refractivity contribution < 1.29 is 52.7 Å². The summed E-state index contributed by atoms with van der Waals surface area (Å²) >= 11 is 0. The molecule has 7 aromatic carbocycles. The van der Waals surface area contributed by atoms with Gasteiger partial charge in [0.05, 0.1) is 0 Å². The first-order chi connectivity index (χ1) is 22.4. The van der Waals surface area contributed by atoms with Gasteiger partial charge in [-0.25, -0.2) is 0 Å². The first-order valence-electron chi connectivity index (χ1n) is 14.4. The normalized spacial score (nSPS) is 21.1. The van der Waals surface area contributed by atoms with Gasteiger partial charge in [0.25, 0.3) is 0 Å². The minimum absolute atomic E-state index is 0.0572. The van der Waals surface area contributed by atoms with Crippen molar-refractivity contribution in [3.63, 3.8) is 0 Å². The molecule has 0 nitrogen and oxygen atoms in total. The van der Waals surface area contributed by atoms with Gasteiger partial charge >= 0.3 is 35.5 Å². The van der Waals surface area contributed by atoms with E-state index < -0.39 is 90.1 Å². The third-order valence-corrected chi connectivity index (χ3v) is 9.97. The number of halogens is 12. The summed E-state index contributed by atoms with van der Waals surface area (Å²) in [6, 6.07) is 17.3. The van der Waals surface area contributed by atoms with Gasteiger partial charge in [-0.1, -0.05) is 72.8 Å². The lowest BCUT2D eigenvalue weighted by atomic mass is 9.84. The van der Waals surface area contributed by atoms with Gasteiger partial charge in [-0.15, -0.1) is 0 Å². The molecule has 7 aromatic rings. The fourth-order valence-corrected chi connectivity index (χ4v) is 7.83. The van der Waals surface area contributed by atoms with Crippen molar-refractivity contribution in [3.8, 4) is 0 Å². The summed E-state index contributed by atoms with van der Waals surface area (Å²) in [5, 5.41) is -4.38. The molecule has 0 radical (unpaired) electrons. The predicted octanol–water partition coefficient (Wildman–Crippen LogP) is 12.3. The molecule has 0 aliphatic heterocycles. The Balaban J connectivity index is 1.65. The van der Waals surface area contributed by atoms with Crippen LogP contribution in [-0.4, -0.2) is 11.8 Å². The molecule has 0 unspecified atom stereocenters. The van der Waals surface area contributed by atoms with Crippen molar-refractivity contribution in [2.45, 2.75) is 35.5 Å². The summed E-state index contributed by atoms with van der Waals surface area (Å²) in [7, 11) is 0. The first-order valence-corrected chi connectivity index (χ1v) is 14.4. The molecule has 0 amide bonds. The van der Waals surface area contributed by atoms with E-state index in [4.69, 9.17) is 0 Å². The molecule has 0 saturated carbocycles. The lowest BCUT2D eigenvalue weighted by Gasteiger charge is -2.24. The molecule has 0 atom stereocenters. The van der Waals surface area contributed by atoms with E-state index in [-0.39, 0.29) is 21.5 Å². The standard InChI is InChI=1S/C36H14F12/c37-31(38)27-19-11-9-15-5-1-3-7-17(15)25(19)21-13-24-22(14-23(21)29(27)33(41,42)35(31,45)46)26-18-8-4-2-6-16(18)10-12-20(26)28-30(24)34(43,44)36(47,48)32(28,39)40/h1-14H. The van der Waals surface area contributed by atoms with E-state index in [1.54, 1.807) is 0 Å². The fourth-order valence-electron chi connectivity index (χ4n) is 7.83. The average molecular weight is 674 g/mol. The highest BCUT2D eigenvalue weighted by atomic mass is 19.4. The predicted molar refractivity (Wildman–Crippen MR) is 157 cm³/mol. The van der Waals surface area contributed by atoms with Gasteiger partial charge in [0, 0.05) is 22.3 Å². The van der Waals surface area contributed by atoms with Crippen molar-refractivity contribution in [1.82, 2.24) is 0 Å². The summed E-state index contributed by atoms with van der Waals surface area (Å²) in [6.45, 7) is 0. The molecule has 9 rings (SSSR count). The molecular weight excluding hydrogens is 660 g/mol. The van der Waals surface area contributed by atoms with Crippen molar-refractivity contribution in [1.29, 1.82) is 0 Å². The Bertz CT molecular complexity index is 2450. The molecule has 0 aromatic heterocycles. The zero-order valence-electron chi connectivity index (χ0n) is 23.6. The van der Waals surface area contributed by atoms with Crippen molar-refractivity contribution in [2.75, 3.05) is 0 Å². The van der Waals surface area contributed by atoms with Crippen LogP contribution >= 0.6 is 0 Å². The van der Waals surface area contributed by atoms with Crippen molar-refractivity contribution in [3.05, 3.63) is 107 Å². The third kappa shape index (κ3) is 2.92. The van der Waals surface area contributed by atoms with E-state index in [1.807, 2.05) is 0 Å². The second-order valence-electron chi connectivity index (χ2n) is 12.3. The molecule has 2 aliphatic rings. The summed E-state index contributed by atoms with van der Waals surface area (Å²) in [5.74, 6) is -33.7. The quantitative estimate of drug-likeness (QED) is 0.0853. The Labute approximate surface area is 260 Å². The van der Waals surface area contributed by atoms with Crippen LogP contribution in [0.25, 0.3) is 64.6 Å². The smallest absolute Gasteiger partial charge is 0.194 e. The number of fused-ring (bicyclic) bond motifs is 16. The maximum atomic E-state index is 15.7. The highest BCUT2D eigenvalue weighted by Crippen LogP contribution is 2.68. The maximum Gasteiger partial charge on any atom is 0.380 e. The van der Waals surface area contributed by atoms with Gasteiger partial charge in [-0.2, -0.15) is 52.7 Å². The Morgan fingerprint density at radius 2 is 0.604 bits per heavy atom. The van der Waals surface area contributed by atoms with Crippen LogP contribution in [0.5, 0.6) is 0 Å². The molecule has 2 aliphatic carbocycles. The molecule has 12 heteroatoms. The zero-order chi connectivity index (χ0) is 34.1. The van der Waals surface area contributed by atoms with E-state index in [2.05, 4.69) is 0 Å². The van der Waals surface area contributed by atoms with Gasteiger partial charge in [-0.3, -0.25) is 0 Å². The van der Waals surface area contributed by atoms with E-state index in [9.17, 15) is 0 Å². The van der Waals surface area contributed by atoms with Crippen LogP contribution in [0.3, 0.4) is 0 Å². The zero-order valence-corrected chi connectivity index (χ0v) is 23.6. The Kier molecular flexibility index (Phi) is 5.07. The minimum Gasteiger partial charge on any atom is -0.194 e. The maximum absolute atomic E-state index is 15.7. The number of hydrogen-bond donors (Lipinski definition) is 0. The fraction of sp³-hybridized carbons (Fsp3) is 0.167. The number of benzene rings is 7. The Morgan fingerprint density at radius 1 is 0.292 bits per heavy atom. The number of rotatable bonds is 0. The molecule has 0 heterocycles. The molecule has 0 N–H and O–H groups in total. The Hall–Kier alpha value is -4.74. The molecule has 0 bridgehead atoms. The van der Waals surface area contributed by atoms with Crippen LogP contribution in [0.15, 0.2) is 84.9 Å². The Morgan fingerprint density at radius 3 is 0.958 bits per heavy atom. The minimum atomic E-state index is -5.94. The lowest BCUT2D eigenvalue weighted by molar-refractivity contribution is -0.302. The first kappa shape index (κ1) is 29.4. The van der Waals surface area contributed by atoms with E-state index in [0.29, 0.717) is 22.9 Å². The summed E-state index contributed by atoms with van der Waals surface area (Å²) in [4.78, 5) is 0. The molecule has 0 spiro atoms. The highest BCUT2D eigenvalue weighted by molar-refractivity contribution is 6.29. The van der Waals surface area contributed by atoms with E-state index in [1.165, 1.54) is 60.7 Å². The molecule has 0 saturated heterocycles. The van der Waals surface area contributed by atoms with Crippen LogP contribution in [0.4, 0.5) is 52.7 Å². The van der Waals surface area contributed by atoms with Gasteiger partial charge in [0.1, 0.15) is 0 Å². The second kappa shape index (κ2) is 8.27. The van der Waals surface area contributed by atoms with Crippen molar-refractivity contribution >= 4 is 64.6 Å². The summed E-state index contributed by atoms with van der Waals surface area (Å²) in [6.07, 6.45) is 0. The van der Waals surface area contributed by atoms with Crippen LogP contribution in [-0.2, 0) is 23.7 Å². The van der Waals surface area contributed by atoms with Gasteiger partial charge in [0.15, 0.2) is 0 Å². The monoisotopic (exact) mass is 674 g/mol.